The van der Waals surface area contributed by atoms with Crippen LogP contribution in [-0.4, -0.2) is 66.0 Å². The lowest BCUT2D eigenvalue weighted by Crippen LogP contribution is -2.51. The third-order valence-corrected chi connectivity index (χ3v) is 6.64. The lowest BCUT2D eigenvalue weighted by molar-refractivity contribution is -0.134. The predicted octanol–water partition coefficient (Wildman–Crippen LogP) is 4.82. The van der Waals surface area contributed by atoms with Crippen LogP contribution in [0.15, 0.2) is 48.5 Å². The second kappa shape index (κ2) is 14.9. The Morgan fingerprint density at radius 3 is 2.26 bits per heavy atom. The van der Waals surface area contributed by atoms with E-state index < -0.39 is 6.04 Å². The standard InChI is InChI=1S/C26H35N3O3.C5H12O/c1-19(2)29(20(3)4)13-12-27-26(31)25-15-23-14-24(11-10-22(23)16-28(25)18-30)32-17-21-8-6-5-7-9-21;1-5(2,3)6-4/h5-11,14,18-20,25H,12-13,15-17H2,1-4H3,(H,27,31);1-4H3. The van der Waals surface area contributed by atoms with E-state index >= 15 is 0 Å². The van der Waals surface area contributed by atoms with Gasteiger partial charge in [0.25, 0.3) is 0 Å². The molecule has 0 saturated carbocycles. The highest BCUT2D eigenvalue weighted by Crippen LogP contribution is 2.27. The van der Waals surface area contributed by atoms with E-state index in [1.165, 1.54) is 0 Å². The van der Waals surface area contributed by atoms with E-state index in [1.54, 1.807) is 12.0 Å². The first-order valence-corrected chi connectivity index (χ1v) is 13.5. The summed E-state index contributed by atoms with van der Waals surface area (Å²) in [4.78, 5) is 28.5. The molecule has 1 heterocycles. The van der Waals surface area contributed by atoms with Gasteiger partial charge in [-0.3, -0.25) is 14.5 Å². The fraction of sp³-hybridized carbons (Fsp3) is 0.548. The molecule has 0 radical (unpaired) electrons. The molecule has 0 fully saturated rings. The Morgan fingerprint density at radius 2 is 1.71 bits per heavy atom. The summed E-state index contributed by atoms with van der Waals surface area (Å²) in [6.07, 6.45) is 1.27. The van der Waals surface area contributed by atoms with Crippen molar-refractivity contribution in [3.05, 3.63) is 65.2 Å². The number of nitrogens with one attached hydrogen (secondary N) is 1. The molecule has 2 aromatic rings. The van der Waals surface area contributed by atoms with Crippen LogP contribution >= 0.6 is 0 Å². The smallest absolute Gasteiger partial charge is 0.243 e. The van der Waals surface area contributed by atoms with Gasteiger partial charge in [-0.05, 0) is 77.3 Å². The minimum absolute atomic E-state index is 0.0417. The summed E-state index contributed by atoms with van der Waals surface area (Å²) in [6, 6.07) is 16.3. The first-order chi connectivity index (χ1) is 17.9. The number of fused-ring (bicyclic) bond motifs is 1. The molecule has 0 spiro atoms. The Hall–Kier alpha value is -2.90. The molecule has 0 aromatic heterocycles. The SMILES string of the molecule is CC(C)N(CCNC(=O)C1Cc2cc(OCc3ccccc3)ccc2CN1C=O)C(C)C.COC(C)(C)C. The fourth-order valence-electron chi connectivity index (χ4n) is 4.30. The van der Waals surface area contributed by atoms with Gasteiger partial charge in [0, 0.05) is 45.2 Å². The van der Waals surface area contributed by atoms with Gasteiger partial charge in [0.05, 0.1) is 5.60 Å². The number of carbonyl (C=O) groups excluding carboxylic acids is 2. The number of hydrogen-bond donors (Lipinski definition) is 1. The normalized spacial score (nSPS) is 15.1. The number of methoxy groups -OCH3 is 1. The Labute approximate surface area is 229 Å². The van der Waals surface area contributed by atoms with Crippen LogP contribution in [0.4, 0.5) is 0 Å². The van der Waals surface area contributed by atoms with E-state index in [1.807, 2.05) is 69.3 Å². The van der Waals surface area contributed by atoms with Gasteiger partial charge in [-0.1, -0.05) is 36.4 Å². The molecular formula is C31H47N3O4. The van der Waals surface area contributed by atoms with Crippen LogP contribution in [0.5, 0.6) is 5.75 Å². The summed E-state index contributed by atoms with van der Waals surface area (Å²) >= 11 is 0. The topological polar surface area (TPSA) is 71.1 Å². The van der Waals surface area contributed by atoms with Crippen molar-refractivity contribution in [2.45, 2.75) is 91.8 Å². The first-order valence-electron chi connectivity index (χ1n) is 13.5. The zero-order valence-electron chi connectivity index (χ0n) is 24.5. The molecule has 2 amide bonds. The monoisotopic (exact) mass is 525 g/mol. The first kappa shape index (κ1) is 31.3. The van der Waals surface area contributed by atoms with E-state index in [0.717, 1.165) is 35.4 Å². The predicted molar refractivity (Wildman–Crippen MR) is 153 cm³/mol. The fourth-order valence-corrected chi connectivity index (χ4v) is 4.30. The van der Waals surface area contributed by atoms with Crippen molar-refractivity contribution in [1.29, 1.82) is 0 Å². The molecule has 1 aliphatic heterocycles. The van der Waals surface area contributed by atoms with Crippen LogP contribution in [-0.2, 0) is 33.9 Å². The molecule has 0 aliphatic carbocycles. The highest BCUT2D eigenvalue weighted by Gasteiger charge is 2.31. The van der Waals surface area contributed by atoms with E-state index in [4.69, 9.17) is 9.47 Å². The molecular weight excluding hydrogens is 478 g/mol. The summed E-state index contributed by atoms with van der Waals surface area (Å²) < 4.78 is 10.9. The quantitative estimate of drug-likeness (QED) is 0.451. The number of carbonyl (C=O) groups is 2. The zero-order valence-corrected chi connectivity index (χ0v) is 24.5. The number of ether oxygens (including phenoxy) is 2. The summed E-state index contributed by atoms with van der Waals surface area (Å²) in [5.74, 6) is 0.668. The summed E-state index contributed by atoms with van der Waals surface area (Å²) in [5, 5.41) is 3.04. The minimum atomic E-state index is -0.504. The van der Waals surface area contributed by atoms with Crippen molar-refractivity contribution >= 4 is 12.3 Å². The number of hydrogen-bond acceptors (Lipinski definition) is 5. The van der Waals surface area contributed by atoms with Gasteiger partial charge >= 0.3 is 0 Å². The van der Waals surface area contributed by atoms with E-state index in [-0.39, 0.29) is 11.5 Å². The third kappa shape index (κ3) is 10.1. The lowest BCUT2D eigenvalue weighted by atomic mass is 9.93. The molecule has 7 nitrogen and oxygen atoms in total. The Morgan fingerprint density at radius 1 is 1.08 bits per heavy atom. The summed E-state index contributed by atoms with van der Waals surface area (Å²) in [6.45, 7) is 17.0. The minimum Gasteiger partial charge on any atom is -0.489 e. The van der Waals surface area contributed by atoms with Crippen molar-refractivity contribution in [2.24, 2.45) is 0 Å². The van der Waals surface area contributed by atoms with Gasteiger partial charge in [0.2, 0.25) is 12.3 Å². The van der Waals surface area contributed by atoms with Crippen LogP contribution in [0.3, 0.4) is 0 Å². The molecule has 1 atom stereocenters. The average molecular weight is 526 g/mol. The second-order valence-corrected chi connectivity index (χ2v) is 11.2. The highest BCUT2D eigenvalue weighted by atomic mass is 16.5. The highest BCUT2D eigenvalue weighted by molar-refractivity contribution is 5.84. The van der Waals surface area contributed by atoms with Gasteiger partial charge in [-0.25, -0.2) is 0 Å². The van der Waals surface area contributed by atoms with Crippen molar-refractivity contribution in [2.75, 3.05) is 20.2 Å². The summed E-state index contributed by atoms with van der Waals surface area (Å²) in [5.41, 5.74) is 3.25. The molecule has 3 rings (SSSR count). The summed E-state index contributed by atoms with van der Waals surface area (Å²) in [7, 11) is 1.71. The molecule has 2 aromatic carbocycles. The van der Waals surface area contributed by atoms with Crippen LogP contribution in [0.25, 0.3) is 0 Å². The van der Waals surface area contributed by atoms with Gasteiger partial charge in [0.1, 0.15) is 18.4 Å². The molecule has 38 heavy (non-hydrogen) atoms. The van der Waals surface area contributed by atoms with Crippen LogP contribution in [0.2, 0.25) is 0 Å². The molecule has 1 aliphatic rings. The van der Waals surface area contributed by atoms with E-state index in [0.29, 0.717) is 38.2 Å². The lowest BCUT2D eigenvalue weighted by Gasteiger charge is -2.34. The van der Waals surface area contributed by atoms with Crippen molar-refractivity contribution < 1.29 is 19.1 Å². The van der Waals surface area contributed by atoms with Gasteiger partial charge in [-0.2, -0.15) is 0 Å². The number of benzene rings is 2. The van der Waals surface area contributed by atoms with E-state index in [2.05, 4.69) is 37.9 Å². The molecule has 1 unspecified atom stereocenters. The van der Waals surface area contributed by atoms with Crippen LogP contribution < -0.4 is 10.1 Å². The largest absolute Gasteiger partial charge is 0.489 e. The van der Waals surface area contributed by atoms with Crippen molar-refractivity contribution in [1.82, 2.24) is 15.1 Å². The molecule has 0 bridgehead atoms. The van der Waals surface area contributed by atoms with Crippen LogP contribution in [0.1, 0.15) is 65.2 Å². The Bertz CT molecular complexity index is 994. The maximum atomic E-state index is 12.9. The Kier molecular flexibility index (Phi) is 12.3. The van der Waals surface area contributed by atoms with Gasteiger partial charge < -0.3 is 19.7 Å². The number of rotatable bonds is 10. The van der Waals surface area contributed by atoms with Gasteiger partial charge in [0.15, 0.2) is 0 Å². The average Bonchev–Trinajstić information content (AvgIpc) is 2.89. The zero-order chi connectivity index (χ0) is 28.3. The number of nitrogens with zero attached hydrogens (tertiary/aromatic N) is 2. The third-order valence-electron chi connectivity index (χ3n) is 6.64. The van der Waals surface area contributed by atoms with Crippen molar-refractivity contribution in [3.8, 4) is 5.75 Å². The Balaban J connectivity index is 0.000000757. The van der Waals surface area contributed by atoms with E-state index in [9.17, 15) is 9.59 Å². The van der Waals surface area contributed by atoms with Gasteiger partial charge in [-0.15, -0.1) is 0 Å². The molecule has 7 heteroatoms. The van der Waals surface area contributed by atoms with Crippen LogP contribution in [0, 0.1) is 0 Å². The molecule has 1 N–H and O–H groups in total. The number of amides is 2. The maximum Gasteiger partial charge on any atom is 0.243 e. The van der Waals surface area contributed by atoms with Crippen molar-refractivity contribution in [3.63, 3.8) is 0 Å². The molecule has 0 saturated heterocycles. The second-order valence-electron chi connectivity index (χ2n) is 11.2. The maximum absolute atomic E-state index is 12.9. The molecule has 210 valence electrons.